The number of carbonyl (C=O) groups excluding carboxylic acids is 1. The number of unbranched alkanes of at least 4 members (excludes halogenated alkanes) is 2. The van der Waals surface area contributed by atoms with E-state index in [1.165, 1.54) is 26.4 Å². The van der Waals surface area contributed by atoms with Crippen LogP contribution >= 0.6 is 0 Å². The monoisotopic (exact) mass is 227 g/mol. The number of likely N-dealkylation sites (N-methyl/N-ethyl adjacent to an activating group) is 1. The van der Waals surface area contributed by atoms with E-state index in [-0.39, 0.29) is 5.97 Å². The first-order valence-corrected chi connectivity index (χ1v) is 6.11. The summed E-state index contributed by atoms with van der Waals surface area (Å²) < 4.78 is 4.71. The van der Waals surface area contributed by atoms with E-state index >= 15 is 0 Å². The molecule has 0 saturated carbocycles. The number of ether oxygens (including phenoxy) is 1. The Hall–Kier alpha value is -0.830. The molecule has 0 atom stereocenters. The highest BCUT2D eigenvalue weighted by Crippen LogP contribution is 2.04. The highest BCUT2D eigenvalue weighted by atomic mass is 16.5. The molecule has 0 rings (SSSR count). The molecule has 0 bridgehead atoms. The van der Waals surface area contributed by atoms with Crippen molar-refractivity contribution in [2.75, 3.05) is 27.2 Å². The summed E-state index contributed by atoms with van der Waals surface area (Å²) in [5.41, 5.74) is 0.768. The molecule has 0 aromatic rings. The molecule has 0 fully saturated rings. The van der Waals surface area contributed by atoms with E-state index in [1.807, 2.05) is 13.0 Å². The Labute approximate surface area is 99.5 Å². The van der Waals surface area contributed by atoms with Gasteiger partial charge in [0.1, 0.15) is 0 Å². The van der Waals surface area contributed by atoms with Crippen molar-refractivity contribution >= 4 is 5.97 Å². The van der Waals surface area contributed by atoms with Crippen LogP contribution in [0.15, 0.2) is 11.6 Å². The number of hydrogen-bond acceptors (Lipinski definition) is 3. The first kappa shape index (κ1) is 15.2. The first-order chi connectivity index (χ1) is 7.65. The molecule has 0 amide bonds. The molecular weight excluding hydrogens is 202 g/mol. The van der Waals surface area contributed by atoms with Crippen LogP contribution in [0.5, 0.6) is 0 Å². The van der Waals surface area contributed by atoms with Gasteiger partial charge in [0.25, 0.3) is 0 Å². The lowest BCUT2D eigenvalue weighted by molar-refractivity contribution is -0.136. The quantitative estimate of drug-likeness (QED) is 0.363. The number of methoxy groups -OCH3 is 1. The average molecular weight is 227 g/mol. The lowest BCUT2D eigenvalue weighted by Crippen LogP contribution is -2.20. The Morgan fingerprint density at radius 2 is 2.00 bits per heavy atom. The van der Waals surface area contributed by atoms with Gasteiger partial charge in [-0.15, -0.1) is 0 Å². The van der Waals surface area contributed by atoms with Gasteiger partial charge in [-0.1, -0.05) is 32.8 Å². The molecule has 0 unspecified atom stereocenters. The van der Waals surface area contributed by atoms with Gasteiger partial charge in [0, 0.05) is 12.1 Å². The molecule has 0 aliphatic rings. The lowest BCUT2D eigenvalue weighted by atomic mass is 10.2. The molecule has 0 aliphatic heterocycles. The van der Waals surface area contributed by atoms with Crippen LogP contribution in [0.4, 0.5) is 0 Å². The standard InChI is InChI=1S/C13H25NO2/c1-5-7-8-10-14(3)11-9-12(6-2)13(15)16-4/h9H,5-8,10-11H2,1-4H3. The third-order valence-corrected chi connectivity index (χ3v) is 2.62. The van der Waals surface area contributed by atoms with Crippen LogP contribution < -0.4 is 0 Å². The number of nitrogens with zero attached hydrogens (tertiary/aromatic N) is 1. The van der Waals surface area contributed by atoms with Crippen molar-refractivity contribution in [2.24, 2.45) is 0 Å². The fourth-order valence-corrected chi connectivity index (χ4v) is 1.49. The van der Waals surface area contributed by atoms with Crippen LogP contribution in [0.25, 0.3) is 0 Å². The molecule has 0 heterocycles. The van der Waals surface area contributed by atoms with Crippen molar-refractivity contribution in [1.29, 1.82) is 0 Å². The Bertz CT molecular complexity index is 224. The van der Waals surface area contributed by atoms with Gasteiger partial charge < -0.3 is 9.64 Å². The largest absolute Gasteiger partial charge is 0.466 e. The number of rotatable bonds is 8. The normalized spacial score (nSPS) is 11.9. The van der Waals surface area contributed by atoms with E-state index in [2.05, 4.69) is 18.9 Å². The van der Waals surface area contributed by atoms with Crippen molar-refractivity contribution in [1.82, 2.24) is 4.90 Å². The van der Waals surface area contributed by atoms with Crippen molar-refractivity contribution in [2.45, 2.75) is 39.5 Å². The van der Waals surface area contributed by atoms with Crippen molar-refractivity contribution in [3.05, 3.63) is 11.6 Å². The smallest absolute Gasteiger partial charge is 0.333 e. The maximum Gasteiger partial charge on any atom is 0.333 e. The minimum absolute atomic E-state index is 0.204. The number of esters is 1. The highest BCUT2D eigenvalue weighted by molar-refractivity contribution is 5.88. The molecule has 3 heteroatoms. The van der Waals surface area contributed by atoms with Crippen molar-refractivity contribution in [3.8, 4) is 0 Å². The second kappa shape index (κ2) is 9.40. The van der Waals surface area contributed by atoms with Gasteiger partial charge in [-0.2, -0.15) is 0 Å². The molecule has 0 N–H and O–H groups in total. The van der Waals surface area contributed by atoms with E-state index in [9.17, 15) is 4.79 Å². The number of hydrogen-bond donors (Lipinski definition) is 0. The molecule has 0 saturated heterocycles. The maximum atomic E-state index is 11.3. The molecule has 0 aromatic carbocycles. The van der Waals surface area contributed by atoms with Gasteiger partial charge in [0.2, 0.25) is 0 Å². The van der Waals surface area contributed by atoms with Crippen LogP contribution in [0.3, 0.4) is 0 Å². The summed E-state index contributed by atoms with van der Waals surface area (Å²) in [6.45, 7) is 6.08. The third-order valence-electron chi connectivity index (χ3n) is 2.62. The van der Waals surface area contributed by atoms with Crippen LogP contribution in [-0.2, 0) is 9.53 Å². The minimum atomic E-state index is -0.204. The van der Waals surface area contributed by atoms with Gasteiger partial charge in [0.05, 0.1) is 7.11 Å². The van der Waals surface area contributed by atoms with Crippen molar-refractivity contribution < 1.29 is 9.53 Å². The molecular formula is C13H25NO2. The molecule has 94 valence electrons. The SMILES string of the molecule is CCCCCN(C)CC=C(CC)C(=O)OC. The fraction of sp³-hybridized carbons (Fsp3) is 0.769. The molecule has 16 heavy (non-hydrogen) atoms. The molecule has 0 aliphatic carbocycles. The van der Waals surface area contributed by atoms with Gasteiger partial charge in [-0.3, -0.25) is 0 Å². The van der Waals surface area contributed by atoms with E-state index in [1.54, 1.807) is 0 Å². The molecule has 3 nitrogen and oxygen atoms in total. The second-order valence-corrected chi connectivity index (χ2v) is 4.04. The van der Waals surface area contributed by atoms with E-state index in [0.29, 0.717) is 0 Å². The van der Waals surface area contributed by atoms with E-state index in [0.717, 1.165) is 25.1 Å². The van der Waals surface area contributed by atoms with Gasteiger partial charge in [-0.25, -0.2) is 4.79 Å². The maximum absolute atomic E-state index is 11.3. The Morgan fingerprint density at radius 3 is 2.50 bits per heavy atom. The van der Waals surface area contributed by atoms with Crippen LogP contribution in [0.2, 0.25) is 0 Å². The van der Waals surface area contributed by atoms with Crippen LogP contribution in [0, 0.1) is 0 Å². The third kappa shape index (κ3) is 6.62. The van der Waals surface area contributed by atoms with Gasteiger partial charge >= 0.3 is 5.97 Å². The summed E-state index contributed by atoms with van der Waals surface area (Å²) in [5.74, 6) is -0.204. The van der Waals surface area contributed by atoms with Crippen LogP contribution in [-0.4, -0.2) is 38.1 Å². The van der Waals surface area contributed by atoms with E-state index < -0.39 is 0 Å². The fourth-order valence-electron chi connectivity index (χ4n) is 1.49. The molecule has 0 spiro atoms. The van der Waals surface area contributed by atoms with E-state index in [4.69, 9.17) is 4.74 Å². The lowest BCUT2D eigenvalue weighted by Gasteiger charge is -2.14. The Morgan fingerprint density at radius 1 is 1.31 bits per heavy atom. The summed E-state index contributed by atoms with van der Waals surface area (Å²) in [6.07, 6.45) is 6.44. The Balaban J connectivity index is 3.97. The molecule has 0 aromatic heterocycles. The Kier molecular flexibility index (Phi) is 8.91. The minimum Gasteiger partial charge on any atom is -0.466 e. The second-order valence-electron chi connectivity index (χ2n) is 4.04. The topological polar surface area (TPSA) is 29.5 Å². The zero-order valence-corrected chi connectivity index (χ0v) is 11.1. The average Bonchev–Trinajstić information content (AvgIpc) is 2.29. The molecule has 0 radical (unpaired) electrons. The van der Waals surface area contributed by atoms with Gasteiger partial charge in [0.15, 0.2) is 0 Å². The van der Waals surface area contributed by atoms with Gasteiger partial charge in [-0.05, 0) is 26.4 Å². The summed E-state index contributed by atoms with van der Waals surface area (Å²) in [4.78, 5) is 13.5. The predicted molar refractivity (Wildman–Crippen MR) is 67.4 cm³/mol. The summed E-state index contributed by atoms with van der Waals surface area (Å²) in [6, 6.07) is 0. The zero-order chi connectivity index (χ0) is 12.4. The summed E-state index contributed by atoms with van der Waals surface area (Å²) in [7, 11) is 3.51. The summed E-state index contributed by atoms with van der Waals surface area (Å²) in [5, 5.41) is 0. The summed E-state index contributed by atoms with van der Waals surface area (Å²) >= 11 is 0. The zero-order valence-electron chi connectivity index (χ0n) is 11.1. The van der Waals surface area contributed by atoms with Crippen molar-refractivity contribution in [3.63, 3.8) is 0 Å². The number of carbonyl (C=O) groups is 1. The highest BCUT2D eigenvalue weighted by Gasteiger charge is 2.06. The van der Waals surface area contributed by atoms with Crippen LogP contribution in [0.1, 0.15) is 39.5 Å². The first-order valence-electron chi connectivity index (χ1n) is 6.11. The predicted octanol–water partition coefficient (Wildman–Crippen LogP) is 2.62.